The Bertz CT molecular complexity index is 654. The van der Waals surface area contributed by atoms with Gasteiger partial charge in [0.2, 0.25) is 0 Å². The molecule has 1 saturated heterocycles. The maximum Gasteiger partial charge on any atom is 0.342 e. The molecule has 0 radical (unpaired) electrons. The summed E-state index contributed by atoms with van der Waals surface area (Å²) in [5.74, 6) is 0.0951. The fourth-order valence-electron chi connectivity index (χ4n) is 4.01. The SMILES string of the molecule is COC/C=C/CC1CC2CC(C)CC(Cc3cccc(O)c3C(=O)O1)O2. The Balaban J connectivity index is 1.87. The van der Waals surface area contributed by atoms with Crippen LogP contribution in [0.5, 0.6) is 5.75 Å². The van der Waals surface area contributed by atoms with E-state index >= 15 is 0 Å². The Labute approximate surface area is 155 Å². The summed E-state index contributed by atoms with van der Waals surface area (Å²) in [4.78, 5) is 12.8. The van der Waals surface area contributed by atoms with E-state index < -0.39 is 5.97 Å². The number of hydrogen-bond acceptors (Lipinski definition) is 5. The molecule has 1 fully saturated rings. The summed E-state index contributed by atoms with van der Waals surface area (Å²) in [7, 11) is 1.64. The summed E-state index contributed by atoms with van der Waals surface area (Å²) < 4.78 is 17.1. The van der Waals surface area contributed by atoms with Gasteiger partial charge in [-0.3, -0.25) is 0 Å². The predicted molar refractivity (Wildman–Crippen MR) is 98.3 cm³/mol. The summed E-state index contributed by atoms with van der Waals surface area (Å²) >= 11 is 0. The number of methoxy groups -OCH3 is 1. The van der Waals surface area contributed by atoms with Gasteiger partial charge in [0.25, 0.3) is 0 Å². The molecule has 1 aromatic carbocycles. The fraction of sp³-hybridized carbons (Fsp3) is 0.571. The van der Waals surface area contributed by atoms with Gasteiger partial charge in [-0.2, -0.15) is 0 Å². The van der Waals surface area contributed by atoms with Crippen LogP contribution in [0.2, 0.25) is 0 Å². The minimum Gasteiger partial charge on any atom is -0.507 e. The molecule has 1 N–H and O–H groups in total. The van der Waals surface area contributed by atoms with E-state index in [1.54, 1.807) is 13.2 Å². The highest BCUT2D eigenvalue weighted by Gasteiger charge is 2.33. The van der Waals surface area contributed by atoms with E-state index in [1.807, 2.05) is 18.2 Å². The van der Waals surface area contributed by atoms with Crippen molar-refractivity contribution in [1.82, 2.24) is 0 Å². The monoisotopic (exact) mass is 360 g/mol. The van der Waals surface area contributed by atoms with Crippen molar-refractivity contribution in [3.63, 3.8) is 0 Å². The lowest BCUT2D eigenvalue weighted by molar-refractivity contribution is -0.0870. The number of carbonyl (C=O) groups excluding carboxylic acids is 1. The first-order valence-electron chi connectivity index (χ1n) is 9.38. The molecule has 2 heterocycles. The van der Waals surface area contributed by atoms with Crippen LogP contribution >= 0.6 is 0 Å². The number of fused-ring (bicyclic) bond motifs is 3. The van der Waals surface area contributed by atoms with Crippen molar-refractivity contribution in [2.24, 2.45) is 5.92 Å². The molecule has 1 aromatic rings. The van der Waals surface area contributed by atoms with Crippen LogP contribution in [-0.4, -0.2) is 43.1 Å². The molecule has 26 heavy (non-hydrogen) atoms. The molecule has 3 rings (SSSR count). The zero-order valence-corrected chi connectivity index (χ0v) is 15.5. The normalized spacial score (nSPS) is 29.2. The van der Waals surface area contributed by atoms with Crippen LogP contribution in [0, 0.1) is 5.92 Å². The standard InChI is InChI=1S/C21H28O5/c1-14-10-17-12-15-6-5-8-19(22)20(15)21(23)26-16(7-3-4-9-24-2)13-18(11-14)25-17/h3-6,8,14,16-18,22H,7,9-13H2,1-2H3/b4-3+. The Kier molecular flexibility index (Phi) is 6.33. The quantitative estimate of drug-likeness (QED) is 0.656. The fourth-order valence-corrected chi connectivity index (χ4v) is 4.01. The first-order chi connectivity index (χ1) is 12.6. The van der Waals surface area contributed by atoms with Crippen LogP contribution in [0.4, 0.5) is 0 Å². The van der Waals surface area contributed by atoms with E-state index in [9.17, 15) is 9.90 Å². The molecule has 2 aliphatic rings. The Morgan fingerprint density at radius 2 is 2.04 bits per heavy atom. The van der Waals surface area contributed by atoms with Gasteiger partial charge in [-0.25, -0.2) is 4.79 Å². The average Bonchev–Trinajstić information content (AvgIpc) is 2.57. The van der Waals surface area contributed by atoms with Crippen LogP contribution in [0.15, 0.2) is 30.4 Å². The lowest BCUT2D eigenvalue weighted by atomic mass is 9.87. The molecule has 0 aromatic heterocycles. The number of rotatable bonds is 4. The molecule has 0 aliphatic carbocycles. The highest BCUT2D eigenvalue weighted by atomic mass is 16.5. The number of hydrogen-bond donors (Lipinski definition) is 1. The molecule has 2 bridgehead atoms. The van der Waals surface area contributed by atoms with Crippen molar-refractivity contribution < 1.29 is 24.1 Å². The van der Waals surface area contributed by atoms with Crippen LogP contribution < -0.4 is 0 Å². The van der Waals surface area contributed by atoms with Gasteiger partial charge in [-0.05, 0) is 36.8 Å². The van der Waals surface area contributed by atoms with Gasteiger partial charge in [-0.15, -0.1) is 0 Å². The van der Waals surface area contributed by atoms with Gasteiger partial charge >= 0.3 is 5.97 Å². The van der Waals surface area contributed by atoms with E-state index in [0.717, 1.165) is 18.4 Å². The van der Waals surface area contributed by atoms with Crippen molar-refractivity contribution in [1.29, 1.82) is 0 Å². The first kappa shape index (κ1) is 18.9. The highest BCUT2D eigenvalue weighted by Crippen LogP contribution is 2.33. The third-order valence-electron chi connectivity index (χ3n) is 5.12. The Morgan fingerprint density at radius 1 is 1.23 bits per heavy atom. The lowest BCUT2D eigenvalue weighted by Crippen LogP contribution is -2.37. The van der Waals surface area contributed by atoms with Gasteiger partial charge in [0.05, 0.1) is 18.8 Å². The molecule has 5 nitrogen and oxygen atoms in total. The lowest BCUT2D eigenvalue weighted by Gasteiger charge is -2.36. The predicted octanol–water partition coefficient (Wildman–Crippen LogP) is 3.64. The Morgan fingerprint density at radius 3 is 2.85 bits per heavy atom. The number of ether oxygens (including phenoxy) is 3. The molecule has 0 spiro atoms. The topological polar surface area (TPSA) is 65.0 Å². The maximum atomic E-state index is 12.8. The zero-order valence-electron chi connectivity index (χ0n) is 15.5. The molecule has 0 saturated carbocycles. The zero-order chi connectivity index (χ0) is 18.5. The summed E-state index contributed by atoms with van der Waals surface area (Å²) in [6.07, 6.45) is 7.64. The van der Waals surface area contributed by atoms with Gasteiger partial charge in [-0.1, -0.05) is 31.2 Å². The molecule has 142 valence electrons. The molecule has 4 atom stereocenters. The second kappa shape index (κ2) is 8.69. The van der Waals surface area contributed by atoms with E-state index in [-0.39, 0.29) is 29.6 Å². The molecular weight excluding hydrogens is 332 g/mol. The Hall–Kier alpha value is -1.85. The van der Waals surface area contributed by atoms with Gasteiger partial charge in [0, 0.05) is 20.0 Å². The van der Waals surface area contributed by atoms with Crippen molar-refractivity contribution in [2.45, 2.75) is 57.3 Å². The van der Waals surface area contributed by atoms with E-state index in [1.165, 1.54) is 6.07 Å². The average molecular weight is 360 g/mol. The minimum atomic E-state index is -0.448. The van der Waals surface area contributed by atoms with E-state index in [0.29, 0.717) is 31.8 Å². The van der Waals surface area contributed by atoms with Crippen molar-refractivity contribution in [3.8, 4) is 5.75 Å². The van der Waals surface area contributed by atoms with Crippen LogP contribution in [-0.2, 0) is 20.6 Å². The van der Waals surface area contributed by atoms with Gasteiger partial charge in [0.15, 0.2) is 0 Å². The number of esters is 1. The maximum absolute atomic E-state index is 12.8. The van der Waals surface area contributed by atoms with Crippen LogP contribution in [0.1, 0.15) is 48.5 Å². The molecule has 4 unspecified atom stereocenters. The van der Waals surface area contributed by atoms with Gasteiger partial charge < -0.3 is 19.3 Å². The van der Waals surface area contributed by atoms with E-state index in [2.05, 4.69) is 6.92 Å². The molecule has 0 amide bonds. The summed E-state index contributed by atoms with van der Waals surface area (Å²) in [6.45, 7) is 2.78. The molecule has 5 heteroatoms. The number of benzene rings is 1. The van der Waals surface area contributed by atoms with Crippen LogP contribution in [0.3, 0.4) is 0 Å². The summed E-state index contributed by atoms with van der Waals surface area (Å²) in [5.41, 5.74) is 1.07. The van der Waals surface area contributed by atoms with Gasteiger partial charge in [0.1, 0.15) is 17.4 Å². The minimum absolute atomic E-state index is 0.0258. The second-order valence-electron chi connectivity index (χ2n) is 7.40. The number of aromatic hydroxyl groups is 1. The smallest absolute Gasteiger partial charge is 0.342 e. The van der Waals surface area contributed by atoms with E-state index in [4.69, 9.17) is 14.2 Å². The van der Waals surface area contributed by atoms with Crippen LogP contribution in [0.25, 0.3) is 0 Å². The number of phenols is 1. The summed E-state index contributed by atoms with van der Waals surface area (Å²) in [6, 6.07) is 5.18. The van der Waals surface area contributed by atoms with Crippen molar-refractivity contribution >= 4 is 5.97 Å². The third-order valence-corrected chi connectivity index (χ3v) is 5.12. The third kappa shape index (κ3) is 4.65. The number of carbonyl (C=O) groups is 1. The molecular formula is C21H28O5. The van der Waals surface area contributed by atoms with Crippen molar-refractivity contribution in [2.75, 3.05) is 13.7 Å². The second-order valence-corrected chi connectivity index (χ2v) is 7.40. The largest absolute Gasteiger partial charge is 0.507 e. The number of phenolic OH excluding ortho intramolecular Hbond substituents is 1. The summed E-state index contributed by atoms with van der Waals surface area (Å²) in [5, 5.41) is 10.2. The first-order valence-corrected chi connectivity index (χ1v) is 9.38. The number of cyclic esters (lactones) is 1. The molecule has 2 aliphatic heterocycles. The highest BCUT2D eigenvalue weighted by molar-refractivity contribution is 5.94. The van der Waals surface area contributed by atoms with Crippen molar-refractivity contribution in [3.05, 3.63) is 41.5 Å².